The van der Waals surface area contributed by atoms with Crippen LogP contribution in [0.25, 0.3) is 0 Å². The first-order valence-electron chi connectivity index (χ1n) is 9.89. The number of nitro benzene ring substituents is 1. The number of carbonyl (C=O) groups excluding carboxylic acids is 2. The standard InChI is InChI=1S/C23H22N2O5/c1-14-6-3-4-7-16(14)17-13-22(27)24(19-8-5-9-21(26)23(17)19)18-11-10-15(30-2)12-20(18)25(28)29/h3-4,6-7,10-12,17H,5,8-9,13H2,1-2H3. The van der Waals surface area contributed by atoms with E-state index in [0.717, 1.165) is 11.1 Å². The summed E-state index contributed by atoms with van der Waals surface area (Å²) in [4.78, 5) is 38.9. The molecule has 0 fully saturated rings. The topological polar surface area (TPSA) is 89.8 Å². The molecular formula is C23H22N2O5. The van der Waals surface area contributed by atoms with Gasteiger partial charge in [-0.3, -0.25) is 24.6 Å². The number of amides is 1. The molecule has 4 rings (SSSR count). The van der Waals surface area contributed by atoms with Crippen LogP contribution in [-0.2, 0) is 9.59 Å². The first-order valence-corrected chi connectivity index (χ1v) is 9.89. The summed E-state index contributed by atoms with van der Waals surface area (Å²) in [5.74, 6) is -0.222. The second-order valence-electron chi connectivity index (χ2n) is 7.59. The number of allylic oxidation sites excluding steroid dienone is 2. The molecule has 2 aromatic rings. The Bertz CT molecular complexity index is 1090. The molecule has 1 heterocycles. The normalized spacial score (nSPS) is 19.0. The van der Waals surface area contributed by atoms with Gasteiger partial charge in [-0.05, 0) is 43.0 Å². The Morgan fingerprint density at radius 2 is 1.90 bits per heavy atom. The molecule has 1 aliphatic heterocycles. The van der Waals surface area contributed by atoms with Gasteiger partial charge in [-0.1, -0.05) is 24.3 Å². The Labute approximate surface area is 174 Å². The van der Waals surface area contributed by atoms with Crippen molar-refractivity contribution in [3.8, 4) is 5.75 Å². The number of hydrogen-bond donors (Lipinski definition) is 0. The first kappa shape index (κ1) is 19.8. The Morgan fingerprint density at radius 3 is 2.60 bits per heavy atom. The van der Waals surface area contributed by atoms with E-state index in [1.807, 2.05) is 31.2 Å². The van der Waals surface area contributed by atoms with Crippen molar-refractivity contribution in [3.05, 3.63) is 75.0 Å². The quantitative estimate of drug-likeness (QED) is 0.553. The molecule has 7 nitrogen and oxygen atoms in total. The van der Waals surface area contributed by atoms with Gasteiger partial charge in [0.25, 0.3) is 5.69 Å². The average molecular weight is 406 g/mol. The smallest absolute Gasteiger partial charge is 0.297 e. The van der Waals surface area contributed by atoms with Gasteiger partial charge in [0, 0.05) is 30.0 Å². The van der Waals surface area contributed by atoms with Crippen LogP contribution in [0.4, 0.5) is 11.4 Å². The molecule has 1 amide bonds. The lowest BCUT2D eigenvalue weighted by Crippen LogP contribution is -2.41. The molecule has 0 saturated carbocycles. The summed E-state index contributed by atoms with van der Waals surface area (Å²) < 4.78 is 5.11. The lowest BCUT2D eigenvalue weighted by atomic mass is 9.76. The predicted molar refractivity (Wildman–Crippen MR) is 112 cm³/mol. The van der Waals surface area contributed by atoms with Gasteiger partial charge in [0.15, 0.2) is 5.78 Å². The maximum absolute atomic E-state index is 13.3. The van der Waals surface area contributed by atoms with E-state index in [1.165, 1.54) is 24.1 Å². The van der Waals surface area contributed by atoms with Crippen LogP contribution in [0.15, 0.2) is 53.7 Å². The fraction of sp³-hybridized carbons (Fsp3) is 0.304. The van der Waals surface area contributed by atoms with Crippen LogP contribution in [-0.4, -0.2) is 23.7 Å². The summed E-state index contributed by atoms with van der Waals surface area (Å²) in [6.07, 6.45) is 1.66. The number of ether oxygens (including phenoxy) is 1. The summed E-state index contributed by atoms with van der Waals surface area (Å²) in [5.41, 5.74) is 3.13. The Hall–Kier alpha value is -3.48. The number of carbonyl (C=O) groups is 2. The van der Waals surface area contributed by atoms with Gasteiger partial charge >= 0.3 is 0 Å². The fourth-order valence-corrected chi connectivity index (χ4v) is 4.48. The molecule has 154 valence electrons. The van der Waals surface area contributed by atoms with Gasteiger partial charge in [-0.15, -0.1) is 0 Å². The molecule has 0 spiro atoms. The number of rotatable bonds is 4. The molecule has 1 atom stereocenters. The average Bonchev–Trinajstić information content (AvgIpc) is 2.73. The zero-order valence-corrected chi connectivity index (χ0v) is 16.9. The SMILES string of the molecule is COc1ccc(N2C(=O)CC(c3ccccc3C)C3=C2CCCC3=O)c([N+](=O)[O-])c1. The minimum absolute atomic E-state index is 0.0122. The molecular weight excluding hydrogens is 384 g/mol. The van der Waals surface area contributed by atoms with Gasteiger partial charge in [0.05, 0.1) is 18.1 Å². The van der Waals surface area contributed by atoms with Crippen LogP contribution >= 0.6 is 0 Å². The molecule has 0 aromatic heterocycles. The second-order valence-corrected chi connectivity index (χ2v) is 7.59. The van der Waals surface area contributed by atoms with E-state index in [1.54, 1.807) is 6.07 Å². The van der Waals surface area contributed by atoms with E-state index in [4.69, 9.17) is 4.74 Å². The molecule has 0 radical (unpaired) electrons. The van der Waals surface area contributed by atoms with Crippen molar-refractivity contribution >= 4 is 23.1 Å². The van der Waals surface area contributed by atoms with E-state index in [-0.39, 0.29) is 35.4 Å². The molecule has 1 aliphatic carbocycles. The number of hydrogen-bond acceptors (Lipinski definition) is 5. The number of anilines is 1. The number of Topliss-reactive ketones (excluding diaryl/α,β-unsaturated/α-hetero) is 1. The Morgan fingerprint density at radius 1 is 1.13 bits per heavy atom. The van der Waals surface area contributed by atoms with E-state index in [9.17, 15) is 19.7 Å². The maximum Gasteiger partial charge on any atom is 0.297 e. The molecule has 1 unspecified atom stereocenters. The molecule has 7 heteroatoms. The number of methoxy groups -OCH3 is 1. The van der Waals surface area contributed by atoms with Crippen LogP contribution in [0.3, 0.4) is 0 Å². The molecule has 2 aromatic carbocycles. The van der Waals surface area contributed by atoms with Crippen molar-refractivity contribution in [1.29, 1.82) is 0 Å². The zero-order chi connectivity index (χ0) is 21.4. The van der Waals surface area contributed by atoms with Gasteiger partial charge < -0.3 is 4.74 Å². The van der Waals surface area contributed by atoms with E-state index >= 15 is 0 Å². The molecule has 0 bridgehead atoms. The Balaban J connectivity index is 1.91. The van der Waals surface area contributed by atoms with Crippen LogP contribution in [0.1, 0.15) is 42.7 Å². The van der Waals surface area contributed by atoms with Crippen LogP contribution < -0.4 is 9.64 Å². The zero-order valence-electron chi connectivity index (χ0n) is 16.9. The summed E-state index contributed by atoms with van der Waals surface area (Å²) >= 11 is 0. The van der Waals surface area contributed by atoms with E-state index in [0.29, 0.717) is 36.3 Å². The summed E-state index contributed by atoms with van der Waals surface area (Å²) in [6.45, 7) is 1.97. The number of aryl methyl sites for hydroxylation is 1. The van der Waals surface area contributed by atoms with Gasteiger partial charge in [0.1, 0.15) is 11.4 Å². The van der Waals surface area contributed by atoms with Crippen LogP contribution in [0.5, 0.6) is 5.75 Å². The van der Waals surface area contributed by atoms with Crippen LogP contribution in [0.2, 0.25) is 0 Å². The van der Waals surface area contributed by atoms with Crippen LogP contribution in [0, 0.1) is 17.0 Å². The van der Waals surface area contributed by atoms with Gasteiger partial charge in [-0.25, -0.2) is 0 Å². The summed E-state index contributed by atoms with van der Waals surface area (Å²) in [5, 5.41) is 11.7. The van der Waals surface area contributed by atoms with Crippen molar-refractivity contribution < 1.29 is 19.2 Å². The molecule has 30 heavy (non-hydrogen) atoms. The highest BCUT2D eigenvalue weighted by Crippen LogP contribution is 2.46. The lowest BCUT2D eigenvalue weighted by Gasteiger charge is -2.38. The largest absolute Gasteiger partial charge is 0.496 e. The van der Waals surface area contributed by atoms with E-state index < -0.39 is 4.92 Å². The minimum Gasteiger partial charge on any atom is -0.496 e. The summed E-state index contributed by atoms with van der Waals surface area (Å²) in [6, 6.07) is 12.2. The second kappa shape index (κ2) is 7.74. The maximum atomic E-state index is 13.3. The van der Waals surface area contributed by atoms with Crippen molar-refractivity contribution in [2.45, 2.75) is 38.5 Å². The van der Waals surface area contributed by atoms with E-state index in [2.05, 4.69) is 0 Å². The molecule has 0 saturated heterocycles. The first-order chi connectivity index (χ1) is 14.4. The lowest BCUT2D eigenvalue weighted by molar-refractivity contribution is -0.384. The highest BCUT2D eigenvalue weighted by Gasteiger charge is 2.41. The van der Waals surface area contributed by atoms with Crippen molar-refractivity contribution in [2.24, 2.45) is 0 Å². The summed E-state index contributed by atoms with van der Waals surface area (Å²) in [7, 11) is 1.43. The number of nitro groups is 1. The number of nitrogens with zero attached hydrogens (tertiary/aromatic N) is 2. The number of ketones is 1. The molecule has 2 aliphatic rings. The van der Waals surface area contributed by atoms with Gasteiger partial charge in [0.2, 0.25) is 5.91 Å². The third-order valence-corrected chi connectivity index (χ3v) is 5.86. The third-order valence-electron chi connectivity index (χ3n) is 5.86. The highest BCUT2D eigenvalue weighted by atomic mass is 16.6. The molecule has 0 N–H and O–H groups in total. The minimum atomic E-state index is -0.524. The van der Waals surface area contributed by atoms with Crippen molar-refractivity contribution in [2.75, 3.05) is 12.0 Å². The monoisotopic (exact) mass is 406 g/mol. The highest BCUT2D eigenvalue weighted by molar-refractivity contribution is 6.08. The third kappa shape index (κ3) is 3.26. The van der Waals surface area contributed by atoms with Crippen molar-refractivity contribution in [1.82, 2.24) is 0 Å². The van der Waals surface area contributed by atoms with Crippen molar-refractivity contribution in [3.63, 3.8) is 0 Å². The predicted octanol–water partition coefficient (Wildman–Crippen LogP) is 4.44. The Kier molecular flexibility index (Phi) is 5.11. The fourth-order valence-electron chi connectivity index (χ4n) is 4.48. The van der Waals surface area contributed by atoms with Gasteiger partial charge in [-0.2, -0.15) is 0 Å². The number of benzene rings is 2.